The van der Waals surface area contributed by atoms with Gasteiger partial charge in [-0.05, 0) is 48.6 Å². The predicted octanol–water partition coefficient (Wildman–Crippen LogP) is 5.20. The molecule has 1 unspecified atom stereocenters. The summed E-state index contributed by atoms with van der Waals surface area (Å²) in [5.74, 6) is 0. The van der Waals surface area contributed by atoms with Crippen LogP contribution in [0.25, 0.3) is 5.57 Å². The van der Waals surface area contributed by atoms with E-state index in [1.807, 2.05) is 43.3 Å². The lowest BCUT2D eigenvalue weighted by Crippen LogP contribution is -2.29. The Morgan fingerprint density at radius 3 is 1.91 bits per heavy atom. The van der Waals surface area contributed by atoms with Crippen molar-refractivity contribution in [2.45, 2.75) is 26.8 Å². The van der Waals surface area contributed by atoms with Gasteiger partial charge >= 0.3 is 0 Å². The normalized spacial score (nSPS) is 18.9. The van der Waals surface area contributed by atoms with Gasteiger partial charge in [0.2, 0.25) is 0 Å². The molecule has 0 aromatic heterocycles. The van der Waals surface area contributed by atoms with E-state index in [0.29, 0.717) is 0 Å². The Hall–Kier alpha value is -2.32. The Kier molecular flexibility index (Phi) is 3.86. The summed E-state index contributed by atoms with van der Waals surface area (Å²) in [6, 6.07) is 20.3. The number of hydrogen-bond acceptors (Lipinski definition) is 2. The van der Waals surface area contributed by atoms with Crippen LogP contribution in [-0.4, -0.2) is 10.3 Å². The van der Waals surface area contributed by atoms with Crippen molar-refractivity contribution in [2.75, 3.05) is 0 Å². The quantitative estimate of drug-likeness (QED) is 0.822. The Morgan fingerprint density at radius 2 is 1.32 bits per heavy atom. The molecule has 0 radical (unpaired) electrons. The second kappa shape index (κ2) is 5.82. The van der Waals surface area contributed by atoms with Gasteiger partial charge in [0, 0.05) is 5.70 Å². The van der Waals surface area contributed by atoms with Gasteiger partial charge in [-0.1, -0.05) is 60.7 Å². The zero-order chi connectivity index (χ0) is 15.7. The molecule has 0 saturated carbocycles. The van der Waals surface area contributed by atoms with E-state index in [4.69, 9.17) is 0 Å². The van der Waals surface area contributed by atoms with E-state index < -0.39 is 0 Å². The van der Waals surface area contributed by atoms with Crippen LogP contribution in [0, 0.1) is 0 Å². The second-order valence-corrected chi connectivity index (χ2v) is 5.77. The second-order valence-electron chi connectivity index (χ2n) is 5.77. The first-order valence-corrected chi connectivity index (χ1v) is 7.58. The van der Waals surface area contributed by atoms with Crippen molar-refractivity contribution >= 4 is 5.57 Å². The monoisotopic (exact) mass is 291 g/mol. The summed E-state index contributed by atoms with van der Waals surface area (Å²) in [6.45, 7) is 6.18. The molecule has 2 heteroatoms. The van der Waals surface area contributed by atoms with Crippen LogP contribution in [0.1, 0.15) is 37.9 Å². The third kappa shape index (κ3) is 2.36. The molecule has 0 fully saturated rings. The highest BCUT2D eigenvalue weighted by molar-refractivity contribution is 5.78. The van der Waals surface area contributed by atoms with Crippen LogP contribution in [0.15, 0.2) is 77.5 Å². The van der Waals surface area contributed by atoms with Gasteiger partial charge in [0.15, 0.2) is 0 Å². The van der Waals surface area contributed by atoms with E-state index in [1.54, 1.807) is 0 Å². The molecule has 1 aliphatic heterocycles. The molecule has 0 spiro atoms. The maximum Gasteiger partial charge on any atom is 0.107 e. The third-order valence-corrected chi connectivity index (χ3v) is 4.57. The van der Waals surface area contributed by atoms with Crippen LogP contribution < -0.4 is 0 Å². The lowest BCUT2D eigenvalue weighted by atomic mass is 9.83. The first-order valence-electron chi connectivity index (χ1n) is 7.58. The molecule has 0 amide bonds. The topological polar surface area (TPSA) is 23.5 Å². The van der Waals surface area contributed by atoms with Crippen molar-refractivity contribution in [2.24, 2.45) is 0 Å². The van der Waals surface area contributed by atoms with Gasteiger partial charge in [-0.15, -0.1) is 0 Å². The molecular formula is C20H21NO. The van der Waals surface area contributed by atoms with Crippen molar-refractivity contribution in [3.05, 3.63) is 88.6 Å². The van der Waals surface area contributed by atoms with Crippen LogP contribution in [-0.2, 0) is 0 Å². The molecule has 112 valence electrons. The van der Waals surface area contributed by atoms with Crippen molar-refractivity contribution in [3.63, 3.8) is 0 Å². The highest BCUT2D eigenvalue weighted by Gasteiger charge is 2.31. The lowest BCUT2D eigenvalue weighted by Gasteiger charge is -2.37. The van der Waals surface area contributed by atoms with Gasteiger partial charge < -0.3 is 0 Å². The third-order valence-electron chi connectivity index (χ3n) is 4.57. The van der Waals surface area contributed by atoms with E-state index in [-0.39, 0.29) is 6.04 Å². The molecule has 22 heavy (non-hydrogen) atoms. The molecule has 0 bridgehead atoms. The van der Waals surface area contributed by atoms with Crippen molar-refractivity contribution < 1.29 is 5.21 Å². The fourth-order valence-corrected chi connectivity index (χ4v) is 3.10. The van der Waals surface area contributed by atoms with Gasteiger partial charge in [-0.2, -0.15) is 0 Å². The van der Waals surface area contributed by atoms with E-state index in [0.717, 1.165) is 28.0 Å². The number of allylic oxidation sites excluding steroid dienone is 3. The number of rotatable bonds is 2. The molecule has 1 N–H and O–H groups in total. The summed E-state index contributed by atoms with van der Waals surface area (Å²) in [5.41, 5.74) is 6.69. The predicted molar refractivity (Wildman–Crippen MR) is 90.2 cm³/mol. The molecule has 2 aromatic carbocycles. The number of benzene rings is 2. The van der Waals surface area contributed by atoms with Gasteiger partial charge in [-0.25, -0.2) is 5.06 Å². The Bertz CT molecular complexity index is 729. The minimum absolute atomic E-state index is 0.174. The summed E-state index contributed by atoms with van der Waals surface area (Å²) in [5, 5.41) is 12.2. The first kappa shape index (κ1) is 14.6. The van der Waals surface area contributed by atoms with Crippen LogP contribution >= 0.6 is 0 Å². The molecular weight excluding hydrogens is 270 g/mol. The Morgan fingerprint density at radius 1 is 0.773 bits per heavy atom. The largest absolute Gasteiger partial charge is 0.288 e. The number of hydrogen-bond donors (Lipinski definition) is 1. The smallest absolute Gasteiger partial charge is 0.107 e. The average molecular weight is 291 g/mol. The molecule has 1 aliphatic rings. The van der Waals surface area contributed by atoms with Crippen LogP contribution in [0.5, 0.6) is 0 Å². The molecule has 0 saturated heterocycles. The SMILES string of the molecule is CC1=C(c2ccccc2)C(c2ccccc2)N(O)C(C)=C1C. The average Bonchev–Trinajstić information content (AvgIpc) is 2.57. The molecule has 2 aromatic rings. The summed E-state index contributed by atoms with van der Waals surface area (Å²) in [7, 11) is 0. The fourth-order valence-electron chi connectivity index (χ4n) is 3.10. The highest BCUT2D eigenvalue weighted by Crippen LogP contribution is 2.44. The minimum atomic E-state index is -0.174. The standard InChI is InChI=1S/C20H21NO/c1-14-15(2)19(17-10-6-4-7-11-17)20(21(22)16(14)3)18-12-8-5-9-13-18/h4-13,20,22H,1-3H3. The van der Waals surface area contributed by atoms with Crippen molar-refractivity contribution in [1.29, 1.82) is 0 Å². The van der Waals surface area contributed by atoms with E-state index in [9.17, 15) is 5.21 Å². The fraction of sp³-hybridized carbons (Fsp3) is 0.200. The maximum absolute atomic E-state index is 10.8. The summed E-state index contributed by atoms with van der Waals surface area (Å²) < 4.78 is 0. The van der Waals surface area contributed by atoms with Gasteiger partial charge in [0.1, 0.15) is 6.04 Å². The van der Waals surface area contributed by atoms with Crippen LogP contribution in [0.3, 0.4) is 0 Å². The molecule has 0 aliphatic carbocycles. The molecule has 2 nitrogen and oxygen atoms in total. The molecule has 3 rings (SSSR count). The minimum Gasteiger partial charge on any atom is -0.288 e. The number of nitrogens with zero attached hydrogens (tertiary/aromatic N) is 1. The summed E-state index contributed by atoms with van der Waals surface area (Å²) in [4.78, 5) is 0. The molecule has 1 atom stereocenters. The van der Waals surface area contributed by atoms with Gasteiger partial charge in [-0.3, -0.25) is 5.21 Å². The van der Waals surface area contributed by atoms with Crippen LogP contribution in [0.4, 0.5) is 0 Å². The Balaban J connectivity index is 2.23. The van der Waals surface area contributed by atoms with Gasteiger partial charge in [0.05, 0.1) is 0 Å². The zero-order valence-corrected chi connectivity index (χ0v) is 13.2. The highest BCUT2D eigenvalue weighted by atomic mass is 16.5. The first-order chi connectivity index (χ1) is 10.6. The van der Waals surface area contributed by atoms with E-state index in [1.165, 1.54) is 10.6 Å². The number of hydroxylamine groups is 2. The lowest BCUT2D eigenvalue weighted by molar-refractivity contribution is -0.0792. The Labute approximate surface area is 132 Å². The summed E-state index contributed by atoms with van der Waals surface area (Å²) in [6.07, 6.45) is 0. The van der Waals surface area contributed by atoms with Crippen molar-refractivity contribution in [1.82, 2.24) is 5.06 Å². The van der Waals surface area contributed by atoms with E-state index in [2.05, 4.69) is 38.1 Å². The zero-order valence-electron chi connectivity index (χ0n) is 13.2. The van der Waals surface area contributed by atoms with Crippen LogP contribution in [0.2, 0.25) is 0 Å². The van der Waals surface area contributed by atoms with Crippen molar-refractivity contribution in [3.8, 4) is 0 Å². The maximum atomic E-state index is 10.8. The van der Waals surface area contributed by atoms with E-state index >= 15 is 0 Å². The van der Waals surface area contributed by atoms with Gasteiger partial charge in [0.25, 0.3) is 0 Å². The summed E-state index contributed by atoms with van der Waals surface area (Å²) >= 11 is 0. The molecule has 1 heterocycles.